The zero-order valence-corrected chi connectivity index (χ0v) is 19.2. The first-order chi connectivity index (χ1) is 14.5. The molecule has 0 aliphatic carbocycles. The van der Waals surface area contributed by atoms with Crippen LogP contribution in [-0.2, 0) is 15.1 Å². The third-order valence-electron chi connectivity index (χ3n) is 6.72. The van der Waals surface area contributed by atoms with Crippen molar-refractivity contribution in [3.05, 3.63) is 53.1 Å². The molecule has 0 radical (unpaired) electrons. The SMILES string of the molecule is CCCCCCCCCCC1CC(c2cc(C)cc(C)c2C)(n2ccnc2)C(=O)O1. The van der Waals surface area contributed by atoms with Crippen molar-refractivity contribution in [1.29, 1.82) is 0 Å². The molecule has 2 heterocycles. The number of ether oxygens (including phenoxy) is 1. The lowest BCUT2D eigenvalue weighted by Crippen LogP contribution is -2.40. The number of cyclic esters (lactones) is 1. The van der Waals surface area contributed by atoms with Gasteiger partial charge in [-0.3, -0.25) is 0 Å². The van der Waals surface area contributed by atoms with Crippen LogP contribution in [0.5, 0.6) is 0 Å². The van der Waals surface area contributed by atoms with Gasteiger partial charge in [0.05, 0.1) is 6.33 Å². The van der Waals surface area contributed by atoms with E-state index in [9.17, 15) is 4.79 Å². The van der Waals surface area contributed by atoms with E-state index in [0.29, 0.717) is 6.42 Å². The minimum Gasteiger partial charge on any atom is -0.460 e. The predicted octanol–water partition coefficient (Wildman–Crippen LogP) is 6.40. The molecule has 3 rings (SSSR count). The number of unbranched alkanes of at least 4 members (excludes halogenated alkanes) is 7. The van der Waals surface area contributed by atoms with Crippen LogP contribution >= 0.6 is 0 Å². The minimum absolute atomic E-state index is 0.0276. The number of rotatable bonds is 11. The van der Waals surface area contributed by atoms with Crippen LogP contribution in [-0.4, -0.2) is 21.6 Å². The van der Waals surface area contributed by atoms with Crippen LogP contribution in [0.15, 0.2) is 30.9 Å². The fourth-order valence-corrected chi connectivity index (χ4v) is 4.89. The highest BCUT2D eigenvalue weighted by Gasteiger charge is 2.52. The van der Waals surface area contributed by atoms with Crippen molar-refractivity contribution in [3.63, 3.8) is 0 Å². The maximum atomic E-state index is 13.3. The summed E-state index contributed by atoms with van der Waals surface area (Å²) in [4.78, 5) is 17.6. The first kappa shape index (κ1) is 22.6. The van der Waals surface area contributed by atoms with Gasteiger partial charge >= 0.3 is 5.97 Å². The second kappa shape index (κ2) is 10.3. The van der Waals surface area contributed by atoms with Crippen molar-refractivity contribution in [2.45, 2.75) is 104 Å². The van der Waals surface area contributed by atoms with Crippen LogP contribution in [0.2, 0.25) is 0 Å². The maximum Gasteiger partial charge on any atom is 0.337 e. The summed E-state index contributed by atoms with van der Waals surface area (Å²) in [5.41, 5.74) is 3.80. The molecular weight excluding hydrogens is 372 g/mol. The summed E-state index contributed by atoms with van der Waals surface area (Å²) in [5.74, 6) is -0.141. The Balaban J connectivity index is 1.70. The minimum atomic E-state index is -0.803. The average molecular weight is 411 g/mol. The molecule has 0 N–H and O–H groups in total. The van der Waals surface area contributed by atoms with Crippen LogP contribution in [0.3, 0.4) is 0 Å². The molecule has 4 nitrogen and oxygen atoms in total. The van der Waals surface area contributed by atoms with Gasteiger partial charge in [-0.25, -0.2) is 9.78 Å². The van der Waals surface area contributed by atoms with Gasteiger partial charge in [-0.05, 0) is 50.3 Å². The first-order valence-electron chi connectivity index (χ1n) is 11.8. The Morgan fingerprint density at radius 1 is 1.07 bits per heavy atom. The number of carbonyl (C=O) groups excluding carboxylic acids is 1. The van der Waals surface area contributed by atoms with E-state index < -0.39 is 5.54 Å². The Morgan fingerprint density at radius 2 is 1.77 bits per heavy atom. The lowest BCUT2D eigenvalue weighted by molar-refractivity contribution is -0.146. The summed E-state index contributed by atoms with van der Waals surface area (Å²) in [7, 11) is 0. The van der Waals surface area contributed by atoms with Crippen LogP contribution in [0.4, 0.5) is 0 Å². The first-order valence-corrected chi connectivity index (χ1v) is 11.8. The molecule has 1 aliphatic rings. The Kier molecular flexibility index (Phi) is 7.74. The monoisotopic (exact) mass is 410 g/mol. The maximum absolute atomic E-state index is 13.3. The van der Waals surface area contributed by atoms with Crippen molar-refractivity contribution in [2.24, 2.45) is 0 Å². The summed E-state index contributed by atoms with van der Waals surface area (Å²) in [6, 6.07) is 4.33. The van der Waals surface area contributed by atoms with Gasteiger partial charge in [-0.15, -0.1) is 0 Å². The fourth-order valence-electron chi connectivity index (χ4n) is 4.89. The molecular formula is C26H38N2O2. The summed E-state index contributed by atoms with van der Waals surface area (Å²) in [6.45, 7) is 8.58. The zero-order valence-electron chi connectivity index (χ0n) is 19.2. The normalized spacial score (nSPS) is 21.2. The van der Waals surface area contributed by atoms with Crippen LogP contribution in [0.1, 0.15) is 93.4 Å². The zero-order chi connectivity index (χ0) is 21.6. The van der Waals surface area contributed by atoms with E-state index >= 15 is 0 Å². The molecule has 1 aliphatic heterocycles. The topological polar surface area (TPSA) is 44.1 Å². The summed E-state index contributed by atoms with van der Waals surface area (Å²) >= 11 is 0. The number of aromatic nitrogens is 2. The highest BCUT2D eigenvalue weighted by atomic mass is 16.6. The molecule has 0 saturated carbocycles. The lowest BCUT2D eigenvalue weighted by atomic mass is 9.81. The fraction of sp³-hybridized carbons (Fsp3) is 0.615. The molecule has 0 spiro atoms. The van der Waals surface area contributed by atoms with Gasteiger partial charge in [0.2, 0.25) is 0 Å². The molecule has 0 amide bonds. The number of aryl methyl sites for hydroxylation is 2. The molecule has 1 saturated heterocycles. The van der Waals surface area contributed by atoms with E-state index in [1.165, 1.54) is 61.6 Å². The van der Waals surface area contributed by atoms with Crippen LogP contribution in [0, 0.1) is 20.8 Å². The average Bonchev–Trinajstić information content (AvgIpc) is 3.35. The van der Waals surface area contributed by atoms with E-state index in [4.69, 9.17) is 4.74 Å². The number of imidazole rings is 1. The predicted molar refractivity (Wildman–Crippen MR) is 122 cm³/mol. The number of carbonyl (C=O) groups is 1. The molecule has 164 valence electrons. The second-order valence-electron chi connectivity index (χ2n) is 9.08. The number of benzene rings is 1. The Bertz CT molecular complexity index is 828. The molecule has 30 heavy (non-hydrogen) atoms. The van der Waals surface area contributed by atoms with E-state index in [0.717, 1.165) is 18.4 Å². The smallest absolute Gasteiger partial charge is 0.337 e. The van der Waals surface area contributed by atoms with Crippen molar-refractivity contribution >= 4 is 5.97 Å². The molecule has 1 fully saturated rings. The molecule has 1 aromatic heterocycles. The van der Waals surface area contributed by atoms with Gasteiger partial charge in [0.15, 0.2) is 5.54 Å². The number of hydrogen-bond acceptors (Lipinski definition) is 3. The van der Waals surface area contributed by atoms with E-state index in [1.807, 2.05) is 10.8 Å². The Morgan fingerprint density at radius 3 is 2.43 bits per heavy atom. The molecule has 2 unspecified atom stereocenters. The Hall–Kier alpha value is -2.10. The summed E-state index contributed by atoms with van der Waals surface area (Å²) < 4.78 is 7.92. The van der Waals surface area contributed by atoms with Crippen molar-refractivity contribution in [3.8, 4) is 0 Å². The molecule has 2 aromatic rings. The number of nitrogens with zero attached hydrogens (tertiary/aromatic N) is 2. The molecule has 0 bridgehead atoms. The number of hydrogen-bond donors (Lipinski definition) is 0. The summed E-state index contributed by atoms with van der Waals surface area (Å²) in [6.07, 6.45) is 17.3. The van der Waals surface area contributed by atoms with Gasteiger partial charge in [0.1, 0.15) is 6.10 Å². The van der Waals surface area contributed by atoms with E-state index in [2.05, 4.69) is 44.8 Å². The van der Waals surface area contributed by atoms with Gasteiger partial charge < -0.3 is 9.30 Å². The second-order valence-corrected chi connectivity index (χ2v) is 9.08. The number of esters is 1. The molecule has 1 aromatic carbocycles. The highest BCUT2D eigenvalue weighted by Crippen LogP contribution is 2.42. The van der Waals surface area contributed by atoms with E-state index in [1.54, 1.807) is 12.5 Å². The third kappa shape index (κ3) is 4.79. The standard InChI is InChI=1S/C26H38N2O2/c1-5-6-7-8-9-10-11-12-13-23-18-26(25(29)30-23,28-15-14-27-19-28)24-17-20(2)16-21(3)22(24)4/h14-17,19,23H,5-13,18H2,1-4H3. The van der Waals surface area contributed by atoms with Crippen molar-refractivity contribution in [2.75, 3.05) is 0 Å². The quantitative estimate of drug-likeness (QED) is 0.318. The van der Waals surface area contributed by atoms with Gasteiger partial charge in [0, 0.05) is 18.8 Å². The van der Waals surface area contributed by atoms with Gasteiger partial charge in [-0.2, -0.15) is 0 Å². The van der Waals surface area contributed by atoms with Gasteiger partial charge in [0.25, 0.3) is 0 Å². The highest BCUT2D eigenvalue weighted by molar-refractivity contribution is 5.86. The van der Waals surface area contributed by atoms with Crippen LogP contribution in [0.25, 0.3) is 0 Å². The largest absolute Gasteiger partial charge is 0.460 e. The van der Waals surface area contributed by atoms with Gasteiger partial charge in [-0.1, -0.05) is 69.6 Å². The Labute approximate surface area is 182 Å². The molecule has 2 atom stereocenters. The lowest BCUT2D eigenvalue weighted by Gasteiger charge is -2.30. The summed E-state index contributed by atoms with van der Waals surface area (Å²) in [5, 5.41) is 0. The van der Waals surface area contributed by atoms with Crippen LogP contribution < -0.4 is 0 Å². The molecule has 4 heteroatoms. The third-order valence-corrected chi connectivity index (χ3v) is 6.72. The van der Waals surface area contributed by atoms with Crippen molar-refractivity contribution in [1.82, 2.24) is 9.55 Å². The van der Waals surface area contributed by atoms with E-state index in [-0.39, 0.29) is 12.1 Å². The van der Waals surface area contributed by atoms with Crippen molar-refractivity contribution < 1.29 is 9.53 Å².